The van der Waals surface area contributed by atoms with E-state index < -0.39 is 4.92 Å². The Kier molecular flexibility index (Phi) is 4.57. The fourth-order valence-corrected chi connectivity index (χ4v) is 2.15. The molecular weight excluding hydrogens is 248 g/mol. The van der Waals surface area contributed by atoms with E-state index in [0.717, 1.165) is 19.4 Å². The van der Waals surface area contributed by atoms with Crippen LogP contribution >= 0.6 is 0 Å². The first-order chi connectivity index (χ1) is 9.22. The second-order valence-corrected chi connectivity index (χ2v) is 4.36. The number of nitro groups is 1. The normalized spacial score (nSPS) is 18.3. The minimum atomic E-state index is -0.414. The topological polar surface area (TPSA) is 73.6 Å². The molecule has 2 rings (SSSR count). The predicted molar refractivity (Wildman–Crippen MR) is 71.7 cm³/mol. The summed E-state index contributed by atoms with van der Waals surface area (Å²) in [5.74, 6) is 0.296. The number of nitrogens with zero attached hydrogens (tertiary/aromatic N) is 1. The number of anilines is 1. The van der Waals surface area contributed by atoms with Crippen molar-refractivity contribution in [3.8, 4) is 5.75 Å². The molecule has 19 heavy (non-hydrogen) atoms. The molecule has 1 saturated heterocycles. The van der Waals surface area contributed by atoms with E-state index in [1.54, 1.807) is 25.1 Å². The van der Waals surface area contributed by atoms with Gasteiger partial charge in [-0.1, -0.05) is 6.07 Å². The summed E-state index contributed by atoms with van der Waals surface area (Å²) >= 11 is 0. The van der Waals surface area contributed by atoms with E-state index in [9.17, 15) is 10.1 Å². The quantitative estimate of drug-likeness (QED) is 0.632. The van der Waals surface area contributed by atoms with Gasteiger partial charge in [-0.15, -0.1) is 0 Å². The Hall–Kier alpha value is -1.82. The molecule has 1 aromatic rings. The molecule has 104 valence electrons. The molecule has 0 aliphatic carbocycles. The Balaban J connectivity index is 2.13. The molecule has 0 aromatic heterocycles. The smallest absolute Gasteiger partial charge is 0.333 e. The summed E-state index contributed by atoms with van der Waals surface area (Å²) in [5.41, 5.74) is 0.466. The van der Waals surface area contributed by atoms with Crippen LogP contribution in [0.2, 0.25) is 0 Å². The van der Waals surface area contributed by atoms with Crippen LogP contribution in [0.1, 0.15) is 19.8 Å². The lowest BCUT2D eigenvalue weighted by Gasteiger charge is -2.13. The van der Waals surface area contributed by atoms with Gasteiger partial charge in [-0.25, -0.2) is 0 Å². The van der Waals surface area contributed by atoms with Gasteiger partial charge in [0.05, 0.1) is 17.6 Å². The van der Waals surface area contributed by atoms with Crippen molar-refractivity contribution in [2.45, 2.75) is 25.9 Å². The third-order valence-electron chi connectivity index (χ3n) is 3.03. The molecule has 1 N–H and O–H groups in total. The maximum absolute atomic E-state index is 11.2. The summed E-state index contributed by atoms with van der Waals surface area (Å²) in [5, 5.41) is 14.3. The van der Waals surface area contributed by atoms with E-state index in [1.807, 2.05) is 0 Å². The summed E-state index contributed by atoms with van der Waals surface area (Å²) in [4.78, 5) is 10.8. The van der Waals surface area contributed by atoms with Crippen molar-refractivity contribution in [3.63, 3.8) is 0 Å². The summed E-state index contributed by atoms with van der Waals surface area (Å²) in [6.07, 6.45) is 2.18. The van der Waals surface area contributed by atoms with E-state index in [2.05, 4.69) is 5.32 Å². The molecular formula is C13H18N2O4. The van der Waals surface area contributed by atoms with Gasteiger partial charge >= 0.3 is 5.69 Å². The number of hydrogen-bond donors (Lipinski definition) is 1. The number of nitro benzene ring substituents is 1. The fraction of sp³-hybridized carbons (Fsp3) is 0.538. The lowest BCUT2D eigenvalue weighted by Crippen LogP contribution is -2.19. The molecule has 1 unspecified atom stereocenters. The van der Waals surface area contributed by atoms with Crippen LogP contribution in [0.3, 0.4) is 0 Å². The molecule has 1 heterocycles. The standard InChI is InChI=1S/C13H18N2O4/c1-2-18-12-7-3-6-11(13(12)15(16)17)14-9-10-5-4-8-19-10/h3,6-7,10,14H,2,4-5,8-9H2,1H3. The number of para-hydroxylation sites is 1. The largest absolute Gasteiger partial charge is 0.487 e. The van der Waals surface area contributed by atoms with Crippen LogP contribution in [0.25, 0.3) is 0 Å². The van der Waals surface area contributed by atoms with Crippen LogP contribution in [0, 0.1) is 10.1 Å². The van der Waals surface area contributed by atoms with Gasteiger partial charge in [-0.3, -0.25) is 10.1 Å². The fourth-order valence-electron chi connectivity index (χ4n) is 2.15. The molecule has 1 aromatic carbocycles. The zero-order valence-electron chi connectivity index (χ0n) is 10.9. The maximum atomic E-state index is 11.2. The second-order valence-electron chi connectivity index (χ2n) is 4.36. The van der Waals surface area contributed by atoms with E-state index >= 15 is 0 Å². The van der Waals surface area contributed by atoms with Crippen LogP contribution < -0.4 is 10.1 Å². The second kappa shape index (κ2) is 6.38. The molecule has 1 atom stereocenters. The molecule has 1 aliphatic rings. The number of hydrogen-bond acceptors (Lipinski definition) is 5. The molecule has 0 radical (unpaired) electrons. The van der Waals surface area contributed by atoms with Gasteiger partial charge in [-0.05, 0) is 31.9 Å². The lowest BCUT2D eigenvalue weighted by molar-refractivity contribution is -0.384. The molecule has 1 aliphatic heterocycles. The number of benzene rings is 1. The average Bonchev–Trinajstić information content (AvgIpc) is 2.89. The Morgan fingerprint density at radius 1 is 1.58 bits per heavy atom. The molecule has 0 spiro atoms. The third kappa shape index (κ3) is 3.35. The van der Waals surface area contributed by atoms with Gasteiger partial charge in [0.25, 0.3) is 0 Å². The van der Waals surface area contributed by atoms with Crippen molar-refractivity contribution in [1.29, 1.82) is 0 Å². The number of nitrogens with one attached hydrogen (secondary N) is 1. The molecule has 0 amide bonds. The van der Waals surface area contributed by atoms with Gasteiger partial charge in [0, 0.05) is 13.2 Å². The maximum Gasteiger partial charge on any atom is 0.333 e. The average molecular weight is 266 g/mol. The van der Waals surface area contributed by atoms with Gasteiger partial charge in [0.2, 0.25) is 0 Å². The van der Waals surface area contributed by atoms with Crippen molar-refractivity contribution in [2.75, 3.05) is 25.1 Å². The van der Waals surface area contributed by atoms with Crippen LogP contribution in [0.4, 0.5) is 11.4 Å². The monoisotopic (exact) mass is 266 g/mol. The van der Waals surface area contributed by atoms with Crippen molar-refractivity contribution >= 4 is 11.4 Å². The Bertz CT molecular complexity index is 444. The molecule has 6 heteroatoms. The highest BCUT2D eigenvalue weighted by Crippen LogP contribution is 2.34. The zero-order valence-corrected chi connectivity index (χ0v) is 10.9. The first-order valence-electron chi connectivity index (χ1n) is 6.48. The van der Waals surface area contributed by atoms with Crippen molar-refractivity contribution in [1.82, 2.24) is 0 Å². The summed E-state index contributed by atoms with van der Waals surface area (Å²) in [7, 11) is 0. The minimum absolute atomic E-state index is 0.0117. The SMILES string of the molecule is CCOc1cccc(NCC2CCCO2)c1[N+](=O)[O-]. The van der Waals surface area contributed by atoms with Crippen LogP contribution in [0.15, 0.2) is 18.2 Å². The summed E-state index contributed by atoms with van der Waals surface area (Å²) < 4.78 is 10.8. The van der Waals surface area contributed by atoms with Gasteiger partial charge in [0.15, 0.2) is 5.75 Å². The van der Waals surface area contributed by atoms with E-state index in [1.165, 1.54) is 0 Å². The van der Waals surface area contributed by atoms with E-state index in [-0.39, 0.29) is 11.8 Å². The third-order valence-corrected chi connectivity index (χ3v) is 3.03. The molecule has 0 bridgehead atoms. The number of ether oxygens (including phenoxy) is 2. The highest BCUT2D eigenvalue weighted by Gasteiger charge is 2.22. The molecule has 1 fully saturated rings. The first kappa shape index (κ1) is 13.6. The summed E-state index contributed by atoms with van der Waals surface area (Å²) in [6, 6.07) is 5.05. The summed E-state index contributed by atoms with van der Waals surface area (Å²) in [6.45, 7) is 3.55. The van der Waals surface area contributed by atoms with Crippen LogP contribution in [-0.2, 0) is 4.74 Å². The van der Waals surface area contributed by atoms with E-state index in [4.69, 9.17) is 9.47 Å². The van der Waals surface area contributed by atoms with E-state index in [0.29, 0.717) is 24.6 Å². The highest BCUT2D eigenvalue weighted by molar-refractivity contribution is 5.68. The first-order valence-corrected chi connectivity index (χ1v) is 6.48. The Morgan fingerprint density at radius 3 is 3.05 bits per heavy atom. The Morgan fingerprint density at radius 2 is 2.42 bits per heavy atom. The van der Waals surface area contributed by atoms with Gasteiger partial charge < -0.3 is 14.8 Å². The molecule has 0 saturated carbocycles. The predicted octanol–water partition coefficient (Wildman–Crippen LogP) is 2.58. The zero-order chi connectivity index (χ0) is 13.7. The Labute approximate surface area is 111 Å². The number of rotatable bonds is 6. The minimum Gasteiger partial charge on any atom is -0.487 e. The highest BCUT2D eigenvalue weighted by atomic mass is 16.6. The van der Waals surface area contributed by atoms with Crippen molar-refractivity contribution in [2.24, 2.45) is 0 Å². The van der Waals surface area contributed by atoms with Crippen molar-refractivity contribution < 1.29 is 14.4 Å². The van der Waals surface area contributed by atoms with Gasteiger partial charge in [-0.2, -0.15) is 0 Å². The van der Waals surface area contributed by atoms with Gasteiger partial charge in [0.1, 0.15) is 5.69 Å². The van der Waals surface area contributed by atoms with Crippen molar-refractivity contribution in [3.05, 3.63) is 28.3 Å². The molecule has 6 nitrogen and oxygen atoms in total. The van der Waals surface area contributed by atoms with Crippen LogP contribution in [-0.4, -0.2) is 30.8 Å². The lowest BCUT2D eigenvalue weighted by atomic mass is 10.2. The van der Waals surface area contributed by atoms with Crippen LogP contribution in [0.5, 0.6) is 5.75 Å².